The molecule has 1 saturated carbocycles. The van der Waals surface area contributed by atoms with E-state index in [9.17, 15) is 19.2 Å². The average Bonchev–Trinajstić information content (AvgIpc) is 3.56. The second-order valence-electron chi connectivity index (χ2n) is 7.28. The molecule has 0 amide bonds. The van der Waals surface area contributed by atoms with Gasteiger partial charge in [0.15, 0.2) is 0 Å². The molecule has 1 fully saturated rings. The minimum Gasteiger partial charge on any atom is -0.271 e. The summed E-state index contributed by atoms with van der Waals surface area (Å²) < 4.78 is 15.9. The van der Waals surface area contributed by atoms with E-state index >= 15 is 0 Å². The normalized spacial score (nSPS) is 12.7. The lowest BCUT2D eigenvalue weighted by Gasteiger charge is -2.15. The molecule has 0 spiro atoms. The summed E-state index contributed by atoms with van der Waals surface area (Å²) in [6.45, 7) is 1.47. The molecular formula is C23H16ClFN4O2. The van der Waals surface area contributed by atoms with E-state index in [1.54, 1.807) is 19.2 Å². The van der Waals surface area contributed by atoms with Gasteiger partial charge in [-0.25, -0.2) is 13.8 Å². The minimum atomic E-state index is -0.698. The second kappa shape index (κ2) is 8.22. The van der Waals surface area contributed by atoms with E-state index in [0.717, 1.165) is 33.6 Å². The number of halogens is 2. The largest absolute Gasteiger partial charge is 0.337 e. The summed E-state index contributed by atoms with van der Waals surface area (Å²) in [7, 11) is 0. The fraction of sp³-hybridized carbons (Fsp3) is 0.217. The van der Waals surface area contributed by atoms with Gasteiger partial charge in [0.05, 0.1) is 28.5 Å². The van der Waals surface area contributed by atoms with Gasteiger partial charge < -0.3 is 0 Å². The van der Waals surface area contributed by atoms with Crippen molar-refractivity contribution in [3.05, 3.63) is 79.6 Å². The quantitative estimate of drug-likeness (QED) is 0.591. The maximum Gasteiger partial charge on any atom is 0.337 e. The van der Waals surface area contributed by atoms with E-state index in [1.165, 1.54) is 18.3 Å². The smallest absolute Gasteiger partial charge is 0.271 e. The van der Waals surface area contributed by atoms with Crippen LogP contribution in [-0.2, 0) is 6.54 Å². The van der Waals surface area contributed by atoms with Gasteiger partial charge in [0, 0.05) is 12.1 Å². The van der Waals surface area contributed by atoms with Crippen LogP contribution in [0.5, 0.6) is 0 Å². The van der Waals surface area contributed by atoms with Gasteiger partial charge in [-0.15, -0.1) is 0 Å². The highest BCUT2D eigenvalue weighted by Crippen LogP contribution is 2.29. The summed E-state index contributed by atoms with van der Waals surface area (Å²) in [4.78, 5) is 30.9. The van der Waals surface area contributed by atoms with E-state index < -0.39 is 17.1 Å². The van der Waals surface area contributed by atoms with Gasteiger partial charge >= 0.3 is 5.69 Å². The monoisotopic (exact) mass is 434 g/mol. The summed E-state index contributed by atoms with van der Waals surface area (Å²) in [5.74, 6) is 5.53. The van der Waals surface area contributed by atoms with Crippen LogP contribution in [0.25, 0.3) is 16.8 Å². The number of nitriles is 1. The molecule has 1 aromatic carbocycles. The van der Waals surface area contributed by atoms with Crippen LogP contribution in [0.4, 0.5) is 4.39 Å². The standard InChI is InChI=1S/C23H16ClFN4O2/c1-14-10-17(13-27-12-14)29-22(30)21(16-5-6-19(25)18(24)11-16)20(7-4-15-2-3-15)28(9-8-26)23(29)31/h5-6,10-13,15H,2-3,9H2,1H3. The molecule has 1 aliphatic carbocycles. The van der Waals surface area contributed by atoms with E-state index in [4.69, 9.17) is 11.6 Å². The Kier molecular flexibility index (Phi) is 5.46. The van der Waals surface area contributed by atoms with Crippen molar-refractivity contribution in [1.29, 1.82) is 5.26 Å². The van der Waals surface area contributed by atoms with E-state index in [-0.39, 0.29) is 34.4 Å². The molecule has 0 aliphatic heterocycles. The van der Waals surface area contributed by atoms with Gasteiger partial charge in [0.25, 0.3) is 5.56 Å². The lowest BCUT2D eigenvalue weighted by molar-refractivity contribution is 0.628. The summed E-state index contributed by atoms with van der Waals surface area (Å²) >= 11 is 5.96. The van der Waals surface area contributed by atoms with Crippen LogP contribution in [0.2, 0.25) is 5.02 Å². The molecule has 6 nitrogen and oxygen atoms in total. The molecule has 2 aromatic heterocycles. The van der Waals surface area contributed by atoms with Gasteiger partial charge in [-0.3, -0.25) is 14.3 Å². The molecule has 31 heavy (non-hydrogen) atoms. The molecule has 4 rings (SSSR count). The molecule has 0 saturated heterocycles. The van der Waals surface area contributed by atoms with Crippen LogP contribution < -0.4 is 11.2 Å². The highest BCUT2D eigenvalue weighted by molar-refractivity contribution is 6.31. The third kappa shape index (κ3) is 4.01. The number of hydrogen-bond donors (Lipinski definition) is 0. The van der Waals surface area contributed by atoms with E-state index in [0.29, 0.717) is 5.56 Å². The Balaban J connectivity index is 2.13. The van der Waals surface area contributed by atoms with Gasteiger partial charge in [-0.2, -0.15) is 5.26 Å². The van der Waals surface area contributed by atoms with Crippen LogP contribution in [0.1, 0.15) is 24.1 Å². The van der Waals surface area contributed by atoms with Crippen molar-refractivity contribution in [2.45, 2.75) is 26.3 Å². The zero-order chi connectivity index (χ0) is 22.1. The minimum absolute atomic E-state index is 0.0754. The summed E-state index contributed by atoms with van der Waals surface area (Å²) in [5.41, 5.74) is 0.162. The predicted octanol–water partition coefficient (Wildman–Crippen LogP) is 3.45. The number of aromatic nitrogens is 3. The third-order valence-corrected chi connectivity index (χ3v) is 5.16. The molecule has 0 unspecified atom stereocenters. The highest BCUT2D eigenvalue weighted by atomic mass is 35.5. The summed E-state index contributed by atoms with van der Waals surface area (Å²) in [5, 5.41) is 9.18. The summed E-state index contributed by atoms with van der Waals surface area (Å²) in [6, 6.07) is 7.46. The van der Waals surface area contributed by atoms with Crippen LogP contribution in [0, 0.1) is 41.8 Å². The maximum atomic E-state index is 13.8. The Bertz CT molecular complexity index is 1420. The maximum absolute atomic E-state index is 13.8. The van der Waals surface area contributed by atoms with Crippen molar-refractivity contribution in [3.8, 4) is 34.7 Å². The molecule has 0 bridgehead atoms. The van der Waals surface area contributed by atoms with Crippen LogP contribution in [-0.4, -0.2) is 14.1 Å². The number of benzene rings is 1. The molecule has 1 aliphatic rings. The summed E-state index contributed by atoms with van der Waals surface area (Å²) in [6.07, 6.45) is 4.88. The third-order valence-electron chi connectivity index (χ3n) is 4.87. The highest BCUT2D eigenvalue weighted by Gasteiger charge is 2.23. The first kappa shape index (κ1) is 20.6. The van der Waals surface area contributed by atoms with Crippen LogP contribution in [0.15, 0.2) is 46.2 Å². The van der Waals surface area contributed by atoms with Crippen molar-refractivity contribution in [3.63, 3.8) is 0 Å². The fourth-order valence-electron chi connectivity index (χ4n) is 3.20. The zero-order valence-corrected chi connectivity index (χ0v) is 17.3. The van der Waals surface area contributed by atoms with Crippen molar-refractivity contribution >= 4 is 11.6 Å². The van der Waals surface area contributed by atoms with E-state index in [1.807, 2.05) is 6.07 Å². The Morgan fingerprint density at radius 1 is 1.26 bits per heavy atom. The van der Waals surface area contributed by atoms with Crippen molar-refractivity contribution in [2.75, 3.05) is 0 Å². The lowest BCUT2D eigenvalue weighted by atomic mass is 10.0. The number of aryl methyl sites for hydroxylation is 1. The Morgan fingerprint density at radius 3 is 2.68 bits per heavy atom. The Labute approximate surface area is 182 Å². The van der Waals surface area contributed by atoms with Gasteiger partial charge in [-0.1, -0.05) is 23.6 Å². The Hall–Kier alpha value is -3.68. The van der Waals surface area contributed by atoms with Crippen molar-refractivity contribution in [1.82, 2.24) is 14.1 Å². The SMILES string of the molecule is Cc1cncc(-n2c(=O)c(-c3ccc(F)c(Cl)c3)c(C#CC3CC3)n(CC#N)c2=O)c1. The average molecular weight is 435 g/mol. The lowest BCUT2D eigenvalue weighted by Crippen LogP contribution is -2.41. The zero-order valence-electron chi connectivity index (χ0n) is 16.5. The molecule has 3 aromatic rings. The number of pyridine rings is 1. The number of nitrogens with zero attached hydrogens (tertiary/aromatic N) is 4. The molecule has 8 heteroatoms. The second-order valence-corrected chi connectivity index (χ2v) is 7.69. The van der Waals surface area contributed by atoms with Crippen molar-refractivity contribution in [2.24, 2.45) is 5.92 Å². The first-order valence-electron chi connectivity index (χ1n) is 9.56. The number of hydrogen-bond acceptors (Lipinski definition) is 4. The molecule has 0 N–H and O–H groups in total. The first-order chi connectivity index (χ1) is 14.9. The van der Waals surface area contributed by atoms with Crippen LogP contribution in [0.3, 0.4) is 0 Å². The Morgan fingerprint density at radius 2 is 2.03 bits per heavy atom. The fourth-order valence-corrected chi connectivity index (χ4v) is 3.38. The van der Waals surface area contributed by atoms with Crippen molar-refractivity contribution < 1.29 is 4.39 Å². The molecule has 0 radical (unpaired) electrons. The topological polar surface area (TPSA) is 80.7 Å². The molecular weight excluding hydrogens is 419 g/mol. The van der Waals surface area contributed by atoms with Gasteiger partial charge in [0.1, 0.15) is 18.1 Å². The van der Waals surface area contributed by atoms with Gasteiger partial charge in [0.2, 0.25) is 0 Å². The molecule has 0 atom stereocenters. The number of rotatable bonds is 3. The predicted molar refractivity (Wildman–Crippen MR) is 114 cm³/mol. The molecule has 2 heterocycles. The first-order valence-corrected chi connectivity index (χ1v) is 9.94. The van der Waals surface area contributed by atoms with E-state index in [2.05, 4.69) is 16.8 Å². The van der Waals surface area contributed by atoms with Gasteiger partial charge in [-0.05, 0) is 55.0 Å². The van der Waals surface area contributed by atoms with Crippen LogP contribution >= 0.6 is 11.6 Å². The molecule has 154 valence electrons.